The Morgan fingerprint density at radius 2 is 2.07 bits per heavy atom. The lowest BCUT2D eigenvalue weighted by Gasteiger charge is -2.32. The average molecular weight is 212 g/mol. The number of hydrazine groups is 1. The number of aliphatic imine (C=N–C) groups is 1. The summed E-state index contributed by atoms with van der Waals surface area (Å²) in [6.45, 7) is 5.03. The molecule has 4 nitrogen and oxygen atoms in total. The highest BCUT2D eigenvalue weighted by atomic mass is 15.3. The Balaban J connectivity index is 2.49. The lowest BCUT2D eigenvalue weighted by Crippen LogP contribution is -2.49. The van der Waals surface area contributed by atoms with Crippen LogP contribution < -0.4 is 16.6 Å². The summed E-state index contributed by atoms with van der Waals surface area (Å²) in [5.74, 6) is 6.93. The summed E-state index contributed by atoms with van der Waals surface area (Å²) in [4.78, 5) is 4.27. The fourth-order valence-corrected chi connectivity index (χ4v) is 2.35. The van der Waals surface area contributed by atoms with Crippen LogP contribution in [0.4, 0.5) is 0 Å². The summed E-state index contributed by atoms with van der Waals surface area (Å²) in [6.07, 6.45) is 6.49. The molecule has 1 fully saturated rings. The van der Waals surface area contributed by atoms with Crippen molar-refractivity contribution in [1.29, 1.82) is 0 Å². The Kier molecular flexibility index (Phi) is 5.47. The molecule has 4 N–H and O–H groups in total. The maximum atomic E-state index is 5.42. The fourth-order valence-electron chi connectivity index (χ4n) is 2.35. The number of nitrogens with one attached hydrogen (secondary N) is 2. The molecule has 1 rings (SSSR count). The van der Waals surface area contributed by atoms with Gasteiger partial charge in [-0.3, -0.25) is 10.4 Å². The second kappa shape index (κ2) is 6.67. The fraction of sp³-hybridized carbons (Fsp3) is 0.909. The first kappa shape index (κ1) is 12.3. The lowest BCUT2D eigenvalue weighted by molar-refractivity contribution is 0.278. The van der Waals surface area contributed by atoms with E-state index in [0.29, 0.717) is 6.04 Å². The maximum Gasteiger partial charge on any atom is 0.205 e. The molecule has 15 heavy (non-hydrogen) atoms. The van der Waals surface area contributed by atoms with E-state index in [2.05, 4.69) is 22.7 Å². The summed E-state index contributed by atoms with van der Waals surface area (Å²) >= 11 is 0. The molecule has 0 radical (unpaired) electrons. The SMILES string of the molecule is CCN=C(NN)NC1CCCCC1CC. The molecule has 2 unspecified atom stereocenters. The molecule has 1 saturated carbocycles. The average Bonchev–Trinajstić information content (AvgIpc) is 2.29. The molecular weight excluding hydrogens is 188 g/mol. The molecule has 88 valence electrons. The Morgan fingerprint density at radius 1 is 1.33 bits per heavy atom. The largest absolute Gasteiger partial charge is 0.352 e. The molecule has 1 aliphatic rings. The topological polar surface area (TPSA) is 62.4 Å². The number of guanidine groups is 1. The van der Waals surface area contributed by atoms with E-state index in [0.717, 1.165) is 18.4 Å². The zero-order valence-corrected chi connectivity index (χ0v) is 9.92. The summed E-state index contributed by atoms with van der Waals surface area (Å²) < 4.78 is 0. The van der Waals surface area contributed by atoms with Gasteiger partial charge in [0.25, 0.3) is 0 Å². The number of hydrogen-bond donors (Lipinski definition) is 3. The number of nitrogens with zero attached hydrogens (tertiary/aromatic N) is 1. The smallest absolute Gasteiger partial charge is 0.205 e. The van der Waals surface area contributed by atoms with Crippen LogP contribution in [0.15, 0.2) is 4.99 Å². The second-order valence-electron chi connectivity index (χ2n) is 4.17. The standard InChI is InChI=1S/C11H24N4/c1-3-9-7-5-6-8-10(9)14-11(15-12)13-4-2/h9-10H,3-8,12H2,1-2H3,(H2,13,14,15). The third kappa shape index (κ3) is 3.70. The van der Waals surface area contributed by atoms with Gasteiger partial charge in [-0.05, 0) is 25.7 Å². The lowest BCUT2D eigenvalue weighted by atomic mass is 9.83. The normalized spacial score (nSPS) is 27.5. The van der Waals surface area contributed by atoms with Crippen LogP contribution in [0.25, 0.3) is 0 Å². The first-order chi connectivity index (χ1) is 7.31. The minimum absolute atomic E-state index is 0.546. The van der Waals surface area contributed by atoms with Crippen molar-refractivity contribution in [2.24, 2.45) is 16.8 Å². The molecule has 0 amide bonds. The van der Waals surface area contributed by atoms with Gasteiger partial charge in [-0.2, -0.15) is 0 Å². The zero-order chi connectivity index (χ0) is 11.1. The molecular formula is C11H24N4. The van der Waals surface area contributed by atoms with Gasteiger partial charge in [-0.1, -0.05) is 26.2 Å². The zero-order valence-electron chi connectivity index (χ0n) is 9.92. The van der Waals surface area contributed by atoms with Crippen LogP contribution in [0.2, 0.25) is 0 Å². The van der Waals surface area contributed by atoms with Gasteiger partial charge in [0.2, 0.25) is 5.96 Å². The van der Waals surface area contributed by atoms with Crippen molar-refractivity contribution >= 4 is 5.96 Å². The van der Waals surface area contributed by atoms with Gasteiger partial charge >= 0.3 is 0 Å². The maximum absolute atomic E-state index is 5.42. The third-order valence-corrected chi connectivity index (χ3v) is 3.21. The van der Waals surface area contributed by atoms with Crippen LogP contribution in [0.1, 0.15) is 46.0 Å². The van der Waals surface area contributed by atoms with Crippen LogP contribution in [0, 0.1) is 5.92 Å². The molecule has 1 aliphatic carbocycles. The highest BCUT2D eigenvalue weighted by Gasteiger charge is 2.23. The van der Waals surface area contributed by atoms with Crippen molar-refractivity contribution in [3.8, 4) is 0 Å². The first-order valence-electron chi connectivity index (χ1n) is 6.09. The quantitative estimate of drug-likeness (QED) is 0.287. The van der Waals surface area contributed by atoms with Crippen molar-refractivity contribution in [2.75, 3.05) is 6.54 Å². The van der Waals surface area contributed by atoms with Crippen molar-refractivity contribution in [2.45, 2.75) is 52.0 Å². The van der Waals surface area contributed by atoms with Gasteiger partial charge in [-0.15, -0.1) is 0 Å². The van der Waals surface area contributed by atoms with Gasteiger partial charge < -0.3 is 5.32 Å². The van der Waals surface area contributed by atoms with E-state index in [-0.39, 0.29) is 0 Å². The third-order valence-electron chi connectivity index (χ3n) is 3.21. The van der Waals surface area contributed by atoms with Crippen molar-refractivity contribution in [3.63, 3.8) is 0 Å². The predicted octanol–water partition coefficient (Wildman–Crippen LogP) is 1.38. The van der Waals surface area contributed by atoms with Crippen molar-refractivity contribution in [1.82, 2.24) is 10.7 Å². The van der Waals surface area contributed by atoms with Gasteiger partial charge in [0.15, 0.2) is 0 Å². The van der Waals surface area contributed by atoms with Gasteiger partial charge in [-0.25, -0.2) is 5.84 Å². The minimum atomic E-state index is 0.546. The Morgan fingerprint density at radius 3 is 2.67 bits per heavy atom. The van der Waals surface area contributed by atoms with E-state index in [9.17, 15) is 0 Å². The number of nitrogens with two attached hydrogens (primary N) is 1. The highest BCUT2D eigenvalue weighted by molar-refractivity contribution is 5.79. The summed E-state index contributed by atoms with van der Waals surface area (Å²) in [5, 5.41) is 3.42. The van der Waals surface area contributed by atoms with Crippen LogP contribution in [0.3, 0.4) is 0 Å². The van der Waals surface area contributed by atoms with Crippen LogP contribution in [0.5, 0.6) is 0 Å². The van der Waals surface area contributed by atoms with E-state index >= 15 is 0 Å². The molecule has 0 heterocycles. The summed E-state index contributed by atoms with van der Waals surface area (Å²) in [7, 11) is 0. The Hall–Kier alpha value is -0.770. The molecule has 0 aliphatic heterocycles. The summed E-state index contributed by atoms with van der Waals surface area (Å²) in [5.41, 5.74) is 2.63. The van der Waals surface area contributed by atoms with Crippen LogP contribution >= 0.6 is 0 Å². The number of hydrogen-bond acceptors (Lipinski definition) is 2. The Bertz CT molecular complexity index is 203. The van der Waals surface area contributed by atoms with Gasteiger partial charge in [0.05, 0.1) is 0 Å². The predicted molar refractivity (Wildman–Crippen MR) is 64.5 cm³/mol. The highest BCUT2D eigenvalue weighted by Crippen LogP contribution is 2.26. The van der Waals surface area contributed by atoms with Crippen LogP contribution in [-0.2, 0) is 0 Å². The molecule has 4 heteroatoms. The van der Waals surface area contributed by atoms with Crippen molar-refractivity contribution < 1.29 is 0 Å². The first-order valence-corrected chi connectivity index (χ1v) is 6.09. The molecule has 0 aromatic carbocycles. The van der Waals surface area contributed by atoms with Gasteiger partial charge in [0.1, 0.15) is 0 Å². The summed E-state index contributed by atoms with van der Waals surface area (Å²) in [6, 6.07) is 0.546. The van der Waals surface area contributed by atoms with Gasteiger partial charge in [0, 0.05) is 12.6 Å². The van der Waals surface area contributed by atoms with Crippen molar-refractivity contribution in [3.05, 3.63) is 0 Å². The van der Waals surface area contributed by atoms with E-state index in [4.69, 9.17) is 5.84 Å². The molecule has 0 aromatic heterocycles. The number of rotatable bonds is 3. The molecule has 0 bridgehead atoms. The Labute approximate surface area is 92.7 Å². The van der Waals surface area contributed by atoms with E-state index in [1.165, 1.54) is 32.1 Å². The molecule has 2 atom stereocenters. The molecule has 0 saturated heterocycles. The second-order valence-corrected chi connectivity index (χ2v) is 4.17. The van der Waals surface area contributed by atoms with E-state index in [1.807, 2.05) is 6.92 Å². The minimum Gasteiger partial charge on any atom is -0.352 e. The molecule has 0 aromatic rings. The monoisotopic (exact) mass is 212 g/mol. The van der Waals surface area contributed by atoms with E-state index in [1.54, 1.807) is 0 Å². The van der Waals surface area contributed by atoms with E-state index < -0.39 is 0 Å². The molecule has 0 spiro atoms. The van der Waals surface area contributed by atoms with Crippen LogP contribution in [-0.4, -0.2) is 18.5 Å².